The second kappa shape index (κ2) is 13.9. The van der Waals surface area contributed by atoms with Gasteiger partial charge in [0.1, 0.15) is 11.9 Å². The summed E-state index contributed by atoms with van der Waals surface area (Å²) in [5.74, 6) is -0.241. The number of rotatable bonds is 9. The Hall–Kier alpha value is -1.86. The van der Waals surface area contributed by atoms with Crippen LogP contribution in [0.2, 0.25) is 0 Å². The quantitative estimate of drug-likeness (QED) is 0.163. The van der Waals surface area contributed by atoms with Gasteiger partial charge in [-0.2, -0.15) is 0 Å². The number of ether oxygens (including phenoxy) is 2. The molecule has 0 radical (unpaired) electrons. The molecule has 1 N–H and O–H groups in total. The van der Waals surface area contributed by atoms with E-state index < -0.39 is 0 Å². The van der Waals surface area contributed by atoms with Crippen molar-refractivity contribution in [1.82, 2.24) is 0 Å². The van der Waals surface area contributed by atoms with Crippen molar-refractivity contribution in [1.29, 1.82) is 0 Å². The molecular formula is C37H58O5S2. The molecule has 0 saturated heterocycles. The standard InChI is InChI=1S/C37H58O5S2/c1-33(2,3)25-19-23(20-26(31(25)40)34(4,5)6)43-37(13,14)44-24-21-27(35(7,8)9)32(28(22-24)36(10,11)12)42-30(39)18-16-17-29(38)41-15/h19-22,27,32,40H,16-18H2,1-15H3. The topological polar surface area (TPSA) is 72.8 Å². The van der Waals surface area contributed by atoms with Gasteiger partial charge in [0, 0.05) is 39.7 Å². The van der Waals surface area contributed by atoms with Gasteiger partial charge in [0.2, 0.25) is 0 Å². The normalized spacial score (nSPS) is 18.4. The van der Waals surface area contributed by atoms with E-state index in [9.17, 15) is 14.7 Å². The maximum atomic E-state index is 13.0. The second-order valence-corrected chi connectivity index (χ2v) is 20.3. The lowest BCUT2D eigenvalue weighted by Gasteiger charge is -2.43. The van der Waals surface area contributed by atoms with Crippen LogP contribution in [0, 0.1) is 16.7 Å². The van der Waals surface area contributed by atoms with Gasteiger partial charge in [-0.15, -0.1) is 23.5 Å². The molecule has 0 heterocycles. The first-order valence-corrected chi connectivity index (χ1v) is 17.4. The monoisotopic (exact) mass is 646 g/mol. The number of benzene rings is 1. The predicted molar refractivity (Wildman–Crippen MR) is 187 cm³/mol. The summed E-state index contributed by atoms with van der Waals surface area (Å²) in [5, 5.41) is 11.2. The largest absolute Gasteiger partial charge is 0.507 e. The van der Waals surface area contributed by atoms with Gasteiger partial charge in [0.05, 0.1) is 11.2 Å². The van der Waals surface area contributed by atoms with Gasteiger partial charge in [-0.25, -0.2) is 0 Å². The van der Waals surface area contributed by atoms with E-state index in [1.165, 1.54) is 7.11 Å². The first-order valence-electron chi connectivity index (χ1n) is 15.7. The molecule has 2 atom stereocenters. The fourth-order valence-corrected chi connectivity index (χ4v) is 8.00. The fourth-order valence-electron chi connectivity index (χ4n) is 5.37. The van der Waals surface area contributed by atoms with Gasteiger partial charge >= 0.3 is 11.9 Å². The molecule has 2 rings (SSSR count). The number of phenolic OH excluding ortho intramolecular Hbond substituents is 1. The molecule has 1 aliphatic rings. The molecule has 2 unspecified atom stereocenters. The highest BCUT2D eigenvalue weighted by atomic mass is 32.2. The number of hydrogen-bond acceptors (Lipinski definition) is 7. The van der Waals surface area contributed by atoms with Gasteiger partial charge in [-0.05, 0) is 65.7 Å². The number of hydrogen-bond donors (Lipinski definition) is 1. The lowest BCUT2D eigenvalue weighted by molar-refractivity contribution is -0.151. The molecule has 0 amide bonds. The summed E-state index contributed by atoms with van der Waals surface area (Å²) < 4.78 is 10.7. The lowest BCUT2D eigenvalue weighted by Crippen LogP contribution is -2.41. The van der Waals surface area contributed by atoms with E-state index in [4.69, 9.17) is 9.47 Å². The number of methoxy groups -OCH3 is 1. The Morgan fingerprint density at radius 2 is 1.27 bits per heavy atom. The number of allylic oxidation sites excluding steroid dienone is 1. The Labute approximate surface area is 276 Å². The highest BCUT2D eigenvalue weighted by Crippen LogP contribution is 2.52. The van der Waals surface area contributed by atoms with Crippen molar-refractivity contribution in [3.63, 3.8) is 0 Å². The Morgan fingerprint density at radius 3 is 1.70 bits per heavy atom. The van der Waals surface area contributed by atoms with Crippen LogP contribution >= 0.6 is 23.5 Å². The summed E-state index contributed by atoms with van der Waals surface area (Å²) >= 11 is 3.63. The van der Waals surface area contributed by atoms with Gasteiger partial charge in [-0.1, -0.05) is 89.2 Å². The Kier molecular flexibility index (Phi) is 12.1. The van der Waals surface area contributed by atoms with Crippen molar-refractivity contribution < 1.29 is 24.2 Å². The van der Waals surface area contributed by atoms with Gasteiger partial charge in [0.15, 0.2) is 0 Å². The van der Waals surface area contributed by atoms with E-state index in [1.54, 1.807) is 0 Å². The van der Waals surface area contributed by atoms with Crippen LogP contribution in [0.15, 0.2) is 39.7 Å². The van der Waals surface area contributed by atoms with Crippen LogP contribution in [0.5, 0.6) is 5.75 Å². The number of carbonyl (C=O) groups is 2. The molecule has 5 nitrogen and oxygen atoms in total. The summed E-state index contributed by atoms with van der Waals surface area (Å²) in [4.78, 5) is 26.9. The summed E-state index contributed by atoms with van der Waals surface area (Å²) in [6.07, 6.45) is 4.90. The van der Waals surface area contributed by atoms with Crippen LogP contribution < -0.4 is 0 Å². The Morgan fingerprint density at radius 1 is 0.773 bits per heavy atom. The molecule has 0 aromatic heterocycles. The zero-order chi connectivity index (χ0) is 34.1. The number of aromatic hydroxyl groups is 1. The predicted octanol–water partition coefficient (Wildman–Crippen LogP) is 10.3. The number of carbonyl (C=O) groups excluding carboxylic acids is 2. The average Bonchev–Trinajstić information content (AvgIpc) is 2.82. The van der Waals surface area contributed by atoms with Crippen LogP contribution in [0.1, 0.15) is 127 Å². The minimum absolute atomic E-state index is 0.0248. The average molecular weight is 647 g/mol. The third-order valence-corrected chi connectivity index (χ3v) is 10.3. The van der Waals surface area contributed by atoms with Crippen molar-refractivity contribution in [2.45, 2.75) is 142 Å². The van der Waals surface area contributed by atoms with Gasteiger partial charge in [-0.3, -0.25) is 9.59 Å². The van der Waals surface area contributed by atoms with Crippen LogP contribution in [0.3, 0.4) is 0 Å². The first-order chi connectivity index (χ1) is 19.8. The van der Waals surface area contributed by atoms with E-state index in [1.807, 2.05) is 23.5 Å². The molecule has 0 aliphatic heterocycles. The minimum Gasteiger partial charge on any atom is -0.507 e. The highest BCUT2D eigenvalue weighted by Gasteiger charge is 2.42. The summed E-state index contributed by atoms with van der Waals surface area (Å²) in [6, 6.07) is 4.30. The molecule has 1 aliphatic carbocycles. The van der Waals surface area contributed by atoms with Crippen molar-refractivity contribution in [3.05, 3.63) is 45.9 Å². The SMILES string of the molecule is COC(=O)CCCC(=O)OC1C(C(C)(C)C)=CC(SC(C)(C)Sc2cc(C(C)(C)C)c(O)c(C(C)(C)C)c2)=CC1C(C)(C)C. The minimum atomic E-state index is -0.387. The smallest absolute Gasteiger partial charge is 0.306 e. The van der Waals surface area contributed by atoms with Gasteiger partial charge < -0.3 is 14.6 Å². The molecule has 0 spiro atoms. The van der Waals surface area contributed by atoms with E-state index >= 15 is 0 Å². The van der Waals surface area contributed by atoms with E-state index in [-0.39, 0.29) is 62.5 Å². The summed E-state index contributed by atoms with van der Waals surface area (Å²) in [6.45, 7) is 30.4. The maximum absolute atomic E-state index is 13.0. The van der Waals surface area contributed by atoms with Crippen LogP contribution in [0.4, 0.5) is 0 Å². The molecule has 7 heteroatoms. The molecule has 0 bridgehead atoms. The first kappa shape index (κ1) is 38.3. The molecule has 0 fully saturated rings. The second-order valence-electron chi connectivity index (χ2n) is 16.6. The fraction of sp³-hybridized carbons (Fsp3) is 0.676. The van der Waals surface area contributed by atoms with Crippen LogP contribution in [-0.4, -0.2) is 34.3 Å². The van der Waals surface area contributed by atoms with Gasteiger partial charge in [0.25, 0.3) is 0 Å². The molecule has 1 aromatic rings. The molecule has 1 aromatic carbocycles. The Bertz CT molecular complexity index is 1230. The highest BCUT2D eigenvalue weighted by molar-refractivity contribution is 8.20. The Balaban J connectivity index is 2.46. The summed E-state index contributed by atoms with van der Waals surface area (Å²) in [5.41, 5.74) is 2.25. The lowest BCUT2D eigenvalue weighted by atomic mass is 9.68. The third kappa shape index (κ3) is 10.6. The molecular weight excluding hydrogens is 589 g/mol. The van der Waals surface area contributed by atoms with Crippen molar-refractivity contribution >= 4 is 35.5 Å². The van der Waals surface area contributed by atoms with E-state index in [0.717, 1.165) is 26.5 Å². The van der Waals surface area contributed by atoms with Crippen molar-refractivity contribution in [3.8, 4) is 5.75 Å². The van der Waals surface area contributed by atoms with Crippen LogP contribution in [0.25, 0.3) is 0 Å². The maximum Gasteiger partial charge on any atom is 0.306 e. The third-order valence-electron chi connectivity index (χ3n) is 7.81. The summed E-state index contributed by atoms with van der Waals surface area (Å²) in [7, 11) is 1.36. The number of esters is 2. The van der Waals surface area contributed by atoms with E-state index in [0.29, 0.717) is 12.2 Å². The van der Waals surface area contributed by atoms with Crippen molar-refractivity contribution in [2.75, 3.05) is 7.11 Å². The molecule has 248 valence electrons. The van der Waals surface area contributed by atoms with E-state index in [2.05, 4.69) is 121 Å². The zero-order valence-electron chi connectivity index (χ0n) is 30.0. The molecule has 44 heavy (non-hydrogen) atoms. The number of phenols is 1. The molecule has 0 saturated carbocycles. The zero-order valence-corrected chi connectivity index (χ0v) is 31.6. The number of thioether (sulfide) groups is 2. The van der Waals surface area contributed by atoms with Crippen molar-refractivity contribution in [2.24, 2.45) is 16.7 Å². The van der Waals surface area contributed by atoms with Crippen LogP contribution in [-0.2, 0) is 29.9 Å².